The second-order valence-corrected chi connectivity index (χ2v) is 4.77. The number of amides is 1. The number of rotatable bonds is 5. The van der Waals surface area contributed by atoms with E-state index in [0.29, 0.717) is 13.0 Å². The van der Waals surface area contributed by atoms with Crippen LogP contribution in [0.2, 0.25) is 0 Å². The Hall–Kier alpha value is -2.49. The summed E-state index contributed by atoms with van der Waals surface area (Å²) in [6.45, 7) is 2.06. The van der Waals surface area contributed by atoms with Crippen LogP contribution in [0.1, 0.15) is 12.5 Å². The number of phenols is 1. The van der Waals surface area contributed by atoms with Gasteiger partial charge in [0.1, 0.15) is 11.5 Å². The number of hydrogen-bond donors (Lipinski definition) is 2. The van der Waals surface area contributed by atoms with E-state index in [2.05, 4.69) is 5.32 Å². The molecule has 0 unspecified atom stereocenters. The van der Waals surface area contributed by atoms with Gasteiger partial charge in [-0.05, 0) is 35.7 Å². The van der Waals surface area contributed by atoms with Gasteiger partial charge in [-0.3, -0.25) is 4.79 Å². The van der Waals surface area contributed by atoms with Crippen LogP contribution in [0.3, 0.4) is 0 Å². The van der Waals surface area contributed by atoms with Crippen LogP contribution in [0.5, 0.6) is 11.5 Å². The molecule has 110 valence electrons. The molecule has 0 radical (unpaired) electrons. The molecule has 1 amide bonds. The van der Waals surface area contributed by atoms with Crippen molar-refractivity contribution in [2.24, 2.45) is 0 Å². The summed E-state index contributed by atoms with van der Waals surface area (Å²) in [6.07, 6.45) is 0.688. The molecular formula is C17H19NO3. The van der Waals surface area contributed by atoms with Gasteiger partial charge in [0.2, 0.25) is 5.91 Å². The van der Waals surface area contributed by atoms with Crippen molar-refractivity contribution in [3.63, 3.8) is 0 Å². The summed E-state index contributed by atoms with van der Waals surface area (Å²) in [6, 6.07) is 12.9. The largest absolute Gasteiger partial charge is 0.508 e. The zero-order chi connectivity index (χ0) is 15.2. The van der Waals surface area contributed by atoms with E-state index in [1.807, 2.05) is 30.3 Å². The first-order valence-electron chi connectivity index (χ1n) is 6.81. The Morgan fingerprint density at radius 2 is 1.95 bits per heavy atom. The number of hydrogen-bond acceptors (Lipinski definition) is 3. The average molecular weight is 285 g/mol. The molecule has 0 spiro atoms. The lowest BCUT2D eigenvalue weighted by Crippen LogP contribution is -2.22. The van der Waals surface area contributed by atoms with Crippen molar-refractivity contribution in [1.29, 1.82) is 0 Å². The molecule has 0 saturated heterocycles. The van der Waals surface area contributed by atoms with Crippen LogP contribution >= 0.6 is 0 Å². The van der Waals surface area contributed by atoms with Crippen molar-refractivity contribution in [3.8, 4) is 22.6 Å². The van der Waals surface area contributed by atoms with Gasteiger partial charge in [0.15, 0.2) is 0 Å². The van der Waals surface area contributed by atoms with Gasteiger partial charge in [-0.15, -0.1) is 0 Å². The van der Waals surface area contributed by atoms with E-state index < -0.39 is 0 Å². The lowest BCUT2D eigenvalue weighted by Gasteiger charge is -2.14. The quantitative estimate of drug-likeness (QED) is 0.888. The molecule has 2 aromatic rings. The third kappa shape index (κ3) is 3.75. The molecule has 0 aliphatic carbocycles. The molecule has 2 N–H and O–H groups in total. The summed E-state index contributed by atoms with van der Waals surface area (Å²) in [5.41, 5.74) is 2.89. The van der Waals surface area contributed by atoms with Gasteiger partial charge in [-0.2, -0.15) is 0 Å². The van der Waals surface area contributed by atoms with Crippen LogP contribution < -0.4 is 10.1 Å². The Morgan fingerprint density at radius 1 is 1.19 bits per heavy atom. The van der Waals surface area contributed by atoms with Gasteiger partial charge in [0, 0.05) is 19.0 Å². The van der Waals surface area contributed by atoms with Gasteiger partial charge in [0.05, 0.1) is 7.11 Å². The summed E-state index contributed by atoms with van der Waals surface area (Å²) in [4.78, 5) is 11.0. The number of ether oxygens (including phenoxy) is 1. The van der Waals surface area contributed by atoms with Crippen molar-refractivity contribution in [1.82, 2.24) is 5.32 Å². The molecule has 2 rings (SSSR count). The molecule has 2 aromatic carbocycles. The van der Waals surface area contributed by atoms with Gasteiger partial charge >= 0.3 is 0 Å². The first-order valence-corrected chi connectivity index (χ1v) is 6.81. The van der Waals surface area contributed by atoms with E-state index in [4.69, 9.17) is 4.74 Å². The first kappa shape index (κ1) is 14.9. The number of para-hydroxylation sites is 1. The second-order valence-electron chi connectivity index (χ2n) is 4.77. The van der Waals surface area contributed by atoms with Crippen LogP contribution in [0.4, 0.5) is 0 Å². The fourth-order valence-electron chi connectivity index (χ4n) is 2.27. The molecule has 0 saturated carbocycles. The maximum atomic E-state index is 11.0. The molecule has 0 aliphatic rings. The van der Waals surface area contributed by atoms with Crippen molar-refractivity contribution >= 4 is 5.91 Å². The summed E-state index contributed by atoms with van der Waals surface area (Å²) in [7, 11) is 1.62. The smallest absolute Gasteiger partial charge is 0.216 e. The van der Waals surface area contributed by atoms with E-state index in [0.717, 1.165) is 22.4 Å². The van der Waals surface area contributed by atoms with Gasteiger partial charge in [-0.1, -0.05) is 24.3 Å². The van der Waals surface area contributed by atoms with Crippen LogP contribution in [0.25, 0.3) is 11.1 Å². The number of carbonyl (C=O) groups excluding carboxylic acids is 1. The first-order chi connectivity index (χ1) is 10.1. The lowest BCUT2D eigenvalue weighted by molar-refractivity contribution is -0.118. The van der Waals surface area contributed by atoms with Crippen molar-refractivity contribution in [2.75, 3.05) is 13.7 Å². The predicted octanol–water partition coefficient (Wildman–Crippen LogP) is 2.75. The molecule has 21 heavy (non-hydrogen) atoms. The topological polar surface area (TPSA) is 58.6 Å². The number of methoxy groups -OCH3 is 1. The highest BCUT2D eigenvalue weighted by molar-refractivity contribution is 5.75. The van der Waals surface area contributed by atoms with Crippen LogP contribution in [-0.2, 0) is 11.2 Å². The standard InChI is InChI=1S/C17H19NO3/c1-12(19)18-10-9-13-7-8-14(20)11-16(13)15-5-3-4-6-17(15)21-2/h3-8,11,20H,9-10H2,1-2H3,(H,18,19). The summed E-state index contributed by atoms with van der Waals surface area (Å²) in [5, 5.41) is 12.5. The minimum absolute atomic E-state index is 0.0485. The van der Waals surface area contributed by atoms with Crippen molar-refractivity contribution in [3.05, 3.63) is 48.0 Å². The van der Waals surface area contributed by atoms with E-state index in [-0.39, 0.29) is 11.7 Å². The van der Waals surface area contributed by atoms with E-state index >= 15 is 0 Å². The SMILES string of the molecule is COc1ccccc1-c1cc(O)ccc1CCNC(C)=O. The predicted molar refractivity (Wildman–Crippen MR) is 82.5 cm³/mol. The number of aromatic hydroxyl groups is 1. The van der Waals surface area contributed by atoms with Crippen molar-refractivity contribution in [2.45, 2.75) is 13.3 Å². The minimum Gasteiger partial charge on any atom is -0.508 e. The maximum Gasteiger partial charge on any atom is 0.216 e. The highest BCUT2D eigenvalue weighted by Crippen LogP contribution is 2.34. The molecule has 4 nitrogen and oxygen atoms in total. The number of nitrogens with one attached hydrogen (secondary N) is 1. The molecule has 0 heterocycles. The Balaban J connectivity index is 2.37. The fraction of sp³-hybridized carbons (Fsp3) is 0.235. The van der Waals surface area contributed by atoms with Gasteiger partial charge < -0.3 is 15.2 Å². The molecule has 0 bridgehead atoms. The van der Waals surface area contributed by atoms with Crippen LogP contribution in [-0.4, -0.2) is 24.7 Å². The third-order valence-electron chi connectivity index (χ3n) is 3.26. The monoisotopic (exact) mass is 285 g/mol. The molecule has 0 aliphatic heterocycles. The average Bonchev–Trinajstić information content (AvgIpc) is 2.48. The normalized spacial score (nSPS) is 10.2. The van der Waals surface area contributed by atoms with Crippen LogP contribution in [0.15, 0.2) is 42.5 Å². The second kappa shape index (κ2) is 6.79. The lowest BCUT2D eigenvalue weighted by atomic mass is 9.96. The van der Waals surface area contributed by atoms with Crippen molar-refractivity contribution < 1.29 is 14.6 Å². The summed E-state index contributed by atoms with van der Waals surface area (Å²) >= 11 is 0. The number of phenolic OH excluding ortho intramolecular Hbond substituents is 1. The molecular weight excluding hydrogens is 266 g/mol. The zero-order valence-corrected chi connectivity index (χ0v) is 12.2. The Bertz CT molecular complexity index is 638. The third-order valence-corrected chi connectivity index (χ3v) is 3.26. The highest BCUT2D eigenvalue weighted by atomic mass is 16.5. The Morgan fingerprint density at radius 3 is 2.67 bits per heavy atom. The minimum atomic E-state index is -0.0485. The highest BCUT2D eigenvalue weighted by Gasteiger charge is 2.11. The number of carbonyl (C=O) groups is 1. The molecule has 4 heteroatoms. The number of benzene rings is 2. The van der Waals surface area contributed by atoms with Gasteiger partial charge in [0.25, 0.3) is 0 Å². The van der Waals surface area contributed by atoms with E-state index in [1.165, 1.54) is 6.92 Å². The maximum absolute atomic E-state index is 11.0. The molecule has 0 aromatic heterocycles. The molecule has 0 fully saturated rings. The molecule has 0 atom stereocenters. The summed E-state index contributed by atoms with van der Waals surface area (Å²) < 4.78 is 5.39. The zero-order valence-electron chi connectivity index (χ0n) is 12.2. The Kier molecular flexibility index (Phi) is 4.82. The van der Waals surface area contributed by atoms with Crippen LogP contribution in [0, 0.1) is 0 Å². The Labute approximate surface area is 124 Å². The fourth-order valence-corrected chi connectivity index (χ4v) is 2.27. The van der Waals surface area contributed by atoms with Gasteiger partial charge in [-0.25, -0.2) is 0 Å². The van der Waals surface area contributed by atoms with E-state index in [1.54, 1.807) is 19.2 Å². The summed E-state index contributed by atoms with van der Waals surface area (Å²) in [5.74, 6) is 0.913. The van der Waals surface area contributed by atoms with E-state index in [9.17, 15) is 9.90 Å².